The molecule has 1 aromatic rings. The summed E-state index contributed by atoms with van der Waals surface area (Å²) in [5, 5.41) is 8.05. The van der Waals surface area contributed by atoms with E-state index in [1.54, 1.807) is 23.6 Å². The normalized spacial score (nSPS) is 19.6. The summed E-state index contributed by atoms with van der Waals surface area (Å²) in [7, 11) is -3.28. The number of hydrogen-bond donors (Lipinski definition) is 0. The van der Waals surface area contributed by atoms with Crippen LogP contribution in [0.3, 0.4) is 0 Å². The van der Waals surface area contributed by atoms with Gasteiger partial charge in [0.05, 0.1) is 17.3 Å². The molecule has 0 aromatic heterocycles. The highest BCUT2D eigenvalue weighted by Gasteiger charge is 2.34. The number of nitriles is 1. The van der Waals surface area contributed by atoms with E-state index in [-0.39, 0.29) is 17.0 Å². The highest BCUT2D eigenvalue weighted by atomic mass is 32.2. The molecule has 2 rings (SSSR count). The minimum Gasteiger partial charge on any atom is -0.351 e. The van der Waals surface area contributed by atoms with Crippen LogP contribution >= 0.6 is 11.8 Å². The lowest BCUT2D eigenvalue weighted by molar-refractivity contribution is 0.574. The number of halogens is 1. The Bertz CT molecular complexity index is 640. The molecule has 1 saturated heterocycles. The smallest absolute Gasteiger partial charge is 0.171 e. The molecule has 1 atom stereocenters. The fourth-order valence-corrected chi connectivity index (χ4v) is 5.14. The molecule has 0 amide bonds. The van der Waals surface area contributed by atoms with Gasteiger partial charge in [0.2, 0.25) is 0 Å². The van der Waals surface area contributed by atoms with Crippen LogP contribution in [0.4, 0.5) is 10.1 Å². The van der Waals surface area contributed by atoms with Crippen molar-refractivity contribution in [3.8, 4) is 6.07 Å². The Hall–Kier alpha value is -1.26. The molecular weight excluding hydrogens is 299 g/mol. The third kappa shape index (κ3) is 2.91. The van der Waals surface area contributed by atoms with Gasteiger partial charge < -0.3 is 4.90 Å². The van der Waals surface area contributed by atoms with E-state index >= 15 is 0 Å². The Labute approximate surface area is 122 Å². The van der Waals surface area contributed by atoms with Crippen molar-refractivity contribution in [3.63, 3.8) is 0 Å². The van der Waals surface area contributed by atoms with Gasteiger partial charge in [0, 0.05) is 23.8 Å². The molecule has 7 heteroatoms. The molecule has 0 aliphatic carbocycles. The van der Waals surface area contributed by atoms with Gasteiger partial charge in [-0.15, -0.1) is 0 Å². The number of thioether (sulfide) groups is 1. The Balaban J connectivity index is 2.41. The fraction of sp³-hybridized carbons (Fsp3) is 0.462. The van der Waals surface area contributed by atoms with E-state index in [1.807, 2.05) is 6.07 Å². The van der Waals surface area contributed by atoms with E-state index in [0.29, 0.717) is 12.3 Å². The molecule has 1 aromatic carbocycles. The van der Waals surface area contributed by atoms with Crippen LogP contribution in [-0.4, -0.2) is 37.6 Å². The summed E-state index contributed by atoms with van der Waals surface area (Å²) in [5.74, 6) is 0.685. The molecule has 1 fully saturated rings. The van der Waals surface area contributed by atoms with E-state index in [4.69, 9.17) is 5.26 Å². The lowest BCUT2D eigenvalue weighted by Crippen LogP contribution is -2.48. The van der Waals surface area contributed by atoms with Crippen LogP contribution < -0.4 is 4.90 Å². The molecule has 0 radical (unpaired) electrons. The quantitative estimate of drug-likeness (QED) is 0.854. The van der Waals surface area contributed by atoms with Crippen molar-refractivity contribution in [3.05, 3.63) is 29.6 Å². The topological polar surface area (TPSA) is 61.2 Å². The van der Waals surface area contributed by atoms with E-state index in [0.717, 1.165) is 11.8 Å². The molecule has 1 aliphatic rings. The highest BCUT2D eigenvalue weighted by Crippen LogP contribution is 2.29. The summed E-state index contributed by atoms with van der Waals surface area (Å²) in [5.41, 5.74) is 0.485. The van der Waals surface area contributed by atoms with Gasteiger partial charge >= 0.3 is 0 Å². The van der Waals surface area contributed by atoms with Crippen molar-refractivity contribution in [2.75, 3.05) is 28.7 Å². The Morgan fingerprint density at radius 3 is 2.90 bits per heavy atom. The molecule has 0 N–H and O–H groups in total. The first-order valence-corrected chi connectivity index (χ1v) is 9.12. The average molecular weight is 314 g/mol. The lowest BCUT2D eigenvalue weighted by Gasteiger charge is -2.36. The monoisotopic (exact) mass is 314 g/mol. The summed E-state index contributed by atoms with van der Waals surface area (Å²) < 4.78 is 38.4. The van der Waals surface area contributed by atoms with Crippen LogP contribution in [-0.2, 0) is 9.84 Å². The molecule has 1 unspecified atom stereocenters. The maximum atomic E-state index is 14.1. The van der Waals surface area contributed by atoms with Crippen molar-refractivity contribution in [1.82, 2.24) is 0 Å². The zero-order chi connectivity index (χ0) is 14.8. The van der Waals surface area contributed by atoms with Gasteiger partial charge in [-0.1, -0.05) is 6.92 Å². The minimum absolute atomic E-state index is 0.0344. The number of anilines is 1. The van der Waals surface area contributed by atoms with Gasteiger partial charge in [0.25, 0.3) is 0 Å². The zero-order valence-electron chi connectivity index (χ0n) is 11.0. The first-order valence-electron chi connectivity index (χ1n) is 6.25. The fourth-order valence-electron chi connectivity index (χ4n) is 2.16. The molecule has 0 spiro atoms. The van der Waals surface area contributed by atoms with Crippen LogP contribution in [0.25, 0.3) is 0 Å². The molecule has 1 heterocycles. The van der Waals surface area contributed by atoms with Gasteiger partial charge in [0.15, 0.2) is 9.84 Å². The number of hydrogen-bond acceptors (Lipinski definition) is 5. The van der Waals surface area contributed by atoms with Gasteiger partial charge in [-0.25, -0.2) is 12.8 Å². The molecule has 0 bridgehead atoms. The van der Waals surface area contributed by atoms with Crippen LogP contribution in [0.5, 0.6) is 0 Å². The summed E-state index contributed by atoms with van der Waals surface area (Å²) in [6.07, 6.45) is 0. The standard InChI is InChI=1S/C13H15FN2O2S2/c1-2-20(17,18)13-9-19-6-5-16(13)12-4-3-10(8-15)7-11(12)14/h3-4,7,13H,2,5-6,9H2,1H3. The second-order valence-electron chi connectivity index (χ2n) is 4.45. The van der Waals surface area contributed by atoms with Gasteiger partial charge in [-0.2, -0.15) is 17.0 Å². The van der Waals surface area contributed by atoms with E-state index in [9.17, 15) is 12.8 Å². The van der Waals surface area contributed by atoms with Crippen LogP contribution in [0.15, 0.2) is 18.2 Å². The van der Waals surface area contributed by atoms with Crippen LogP contribution in [0.2, 0.25) is 0 Å². The Morgan fingerprint density at radius 2 is 2.30 bits per heavy atom. The van der Waals surface area contributed by atoms with Crippen molar-refractivity contribution in [2.45, 2.75) is 12.3 Å². The Morgan fingerprint density at radius 1 is 1.55 bits per heavy atom. The van der Waals surface area contributed by atoms with Gasteiger partial charge in [0.1, 0.15) is 11.2 Å². The summed E-state index contributed by atoms with van der Waals surface area (Å²) in [4.78, 5) is 1.60. The van der Waals surface area contributed by atoms with Crippen LogP contribution in [0, 0.1) is 17.1 Å². The zero-order valence-corrected chi connectivity index (χ0v) is 12.7. The first-order chi connectivity index (χ1) is 9.49. The number of nitrogens with zero attached hydrogens (tertiary/aromatic N) is 2. The van der Waals surface area contributed by atoms with Crippen molar-refractivity contribution in [2.24, 2.45) is 0 Å². The highest BCUT2D eigenvalue weighted by molar-refractivity contribution is 8.01. The number of rotatable bonds is 3. The molecule has 20 heavy (non-hydrogen) atoms. The summed E-state index contributed by atoms with van der Waals surface area (Å²) in [6, 6.07) is 6.01. The SMILES string of the molecule is CCS(=O)(=O)C1CSCCN1c1ccc(C#N)cc1F. The first kappa shape index (κ1) is 15.1. The maximum Gasteiger partial charge on any atom is 0.171 e. The summed E-state index contributed by atoms with van der Waals surface area (Å²) >= 11 is 1.56. The minimum atomic E-state index is -3.28. The molecule has 4 nitrogen and oxygen atoms in total. The third-order valence-electron chi connectivity index (χ3n) is 3.29. The predicted octanol–water partition coefficient (Wildman–Crippen LogP) is 2.01. The number of sulfone groups is 1. The second-order valence-corrected chi connectivity index (χ2v) is 8.05. The lowest BCUT2D eigenvalue weighted by atomic mass is 10.2. The van der Waals surface area contributed by atoms with Gasteiger partial charge in [-0.05, 0) is 18.2 Å². The maximum absolute atomic E-state index is 14.1. The third-order valence-corrected chi connectivity index (χ3v) is 6.58. The molecular formula is C13H15FN2O2S2. The predicted molar refractivity (Wildman–Crippen MR) is 79.0 cm³/mol. The average Bonchev–Trinajstić information content (AvgIpc) is 2.47. The Kier molecular flexibility index (Phi) is 4.55. The summed E-state index contributed by atoms with van der Waals surface area (Å²) in [6.45, 7) is 2.08. The molecule has 0 saturated carbocycles. The van der Waals surface area contributed by atoms with Crippen molar-refractivity contribution >= 4 is 27.3 Å². The van der Waals surface area contributed by atoms with E-state index in [2.05, 4.69) is 0 Å². The van der Waals surface area contributed by atoms with Gasteiger partial charge in [-0.3, -0.25) is 0 Å². The molecule has 108 valence electrons. The van der Waals surface area contributed by atoms with E-state index < -0.39 is 21.0 Å². The second kappa shape index (κ2) is 6.02. The van der Waals surface area contributed by atoms with Crippen molar-refractivity contribution in [1.29, 1.82) is 5.26 Å². The number of benzene rings is 1. The largest absolute Gasteiger partial charge is 0.351 e. The van der Waals surface area contributed by atoms with E-state index in [1.165, 1.54) is 12.1 Å². The van der Waals surface area contributed by atoms with Crippen LogP contribution in [0.1, 0.15) is 12.5 Å². The van der Waals surface area contributed by atoms with Crippen molar-refractivity contribution < 1.29 is 12.8 Å². The molecule has 1 aliphatic heterocycles.